The van der Waals surface area contributed by atoms with Gasteiger partial charge in [-0.15, -0.1) is 0 Å². The first kappa shape index (κ1) is 32.9. The molecule has 0 unspecified atom stereocenters. The van der Waals surface area contributed by atoms with Crippen molar-refractivity contribution in [3.8, 4) is 17.6 Å². The van der Waals surface area contributed by atoms with Gasteiger partial charge in [-0.05, 0) is 76.0 Å². The number of sulfonamides is 1. The molecule has 5 rings (SSSR count). The topological polar surface area (TPSA) is 88.1 Å². The molecule has 2 aromatic carbocycles. The molecule has 244 valence electrons. The summed E-state index contributed by atoms with van der Waals surface area (Å²) in [6, 6.07) is 12.4. The normalized spacial score (nSPS) is 19.7. The Bertz CT molecular complexity index is 1650. The molecule has 2 N–H and O–H groups in total. The lowest BCUT2D eigenvalue weighted by Crippen LogP contribution is -2.40. The van der Waals surface area contributed by atoms with Crippen LogP contribution >= 0.6 is 0 Å². The number of morpholine rings is 1. The summed E-state index contributed by atoms with van der Waals surface area (Å²) in [6.45, 7) is 0.179. The average molecular weight is 648 g/mol. The second-order valence-electron chi connectivity index (χ2n) is 11.6. The first-order valence-electron chi connectivity index (χ1n) is 15.1. The SMILES string of the molecule is COc1cc(S(=O)(=O)N2CCOCC2)ccc1NCC#Cc1cc2c(N[C@H]3CC[C@H](N(C)C)CC3)cccc2n1CC(F)(F)F. The molecule has 0 radical (unpaired) electrons. The van der Waals surface area contributed by atoms with Crippen molar-refractivity contribution >= 4 is 32.3 Å². The molecule has 9 nitrogen and oxygen atoms in total. The lowest BCUT2D eigenvalue weighted by molar-refractivity contribution is -0.140. The monoisotopic (exact) mass is 647 g/mol. The maximum Gasteiger partial charge on any atom is 0.406 e. The molecule has 2 fully saturated rings. The third-order valence-electron chi connectivity index (χ3n) is 8.43. The number of nitrogens with one attached hydrogen (secondary N) is 2. The van der Waals surface area contributed by atoms with Crippen LogP contribution in [0, 0.1) is 11.8 Å². The van der Waals surface area contributed by atoms with Crippen molar-refractivity contribution in [2.45, 2.75) is 55.4 Å². The van der Waals surface area contributed by atoms with Gasteiger partial charge in [0.1, 0.15) is 12.3 Å². The van der Waals surface area contributed by atoms with E-state index in [9.17, 15) is 21.6 Å². The predicted molar refractivity (Wildman–Crippen MR) is 169 cm³/mol. The van der Waals surface area contributed by atoms with Crippen molar-refractivity contribution in [2.24, 2.45) is 0 Å². The molecule has 1 aromatic heterocycles. The molecule has 2 heterocycles. The van der Waals surface area contributed by atoms with Crippen molar-refractivity contribution in [1.82, 2.24) is 13.8 Å². The highest BCUT2D eigenvalue weighted by atomic mass is 32.2. The Morgan fingerprint density at radius 1 is 1.04 bits per heavy atom. The van der Waals surface area contributed by atoms with E-state index in [0.717, 1.165) is 31.4 Å². The van der Waals surface area contributed by atoms with Gasteiger partial charge in [0.2, 0.25) is 10.0 Å². The zero-order chi connectivity index (χ0) is 32.2. The van der Waals surface area contributed by atoms with Gasteiger partial charge in [0, 0.05) is 42.3 Å². The summed E-state index contributed by atoms with van der Waals surface area (Å²) in [5.41, 5.74) is 2.04. The van der Waals surface area contributed by atoms with Crippen LogP contribution in [0.1, 0.15) is 31.4 Å². The quantitative estimate of drug-likeness (QED) is 0.317. The summed E-state index contributed by atoms with van der Waals surface area (Å²) >= 11 is 0. The lowest BCUT2D eigenvalue weighted by Gasteiger charge is -2.33. The number of nitrogens with zero attached hydrogens (tertiary/aromatic N) is 3. The summed E-state index contributed by atoms with van der Waals surface area (Å²) in [5.74, 6) is 6.17. The van der Waals surface area contributed by atoms with Crippen molar-refractivity contribution in [3.05, 3.63) is 48.2 Å². The Morgan fingerprint density at radius 2 is 1.78 bits per heavy atom. The van der Waals surface area contributed by atoms with Gasteiger partial charge in [-0.1, -0.05) is 12.0 Å². The number of hydrogen-bond acceptors (Lipinski definition) is 7. The van der Waals surface area contributed by atoms with Crippen LogP contribution in [-0.4, -0.2) is 94.5 Å². The van der Waals surface area contributed by atoms with Gasteiger partial charge in [-0.3, -0.25) is 0 Å². The molecule has 0 atom stereocenters. The van der Waals surface area contributed by atoms with Gasteiger partial charge in [0.25, 0.3) is 0 Å². The fourth-order valence-corrected chi connectivity index (χ4v) is 7.43. The molecule has 3 aromatic rings. The van der Waals surface area contributed by atoms with Crippen LogP contribution in [0.25, 0.3) is 10.9 Å². The van der Waals surface area contributed by atoms with E-state index in [1.807, 2.05) is 6.07 Å². The highest BCUT2D eigenvalue weighted by Gasteiger charge is 2.31. The van der Waals surface area contributed by atoms with E-state index in [4.69, 9.17) is 9.47 Å². The minimum absolute atomic E-state index is 0.0969. The maximum atomic E-state index is 13.7. The van der Waals surface area contributed by atoms with Gasteiger partial charge in [-0.2, -0.15) is 17.5 Å². The van der Waals surface area contributed by atoms with E-state index < -0.39 is 22.7 Å². The van der Waals surface area contributed by atoms with E-state index >= 15 is 0 Å². The van der Waals surface area contributed by atoms with Crippen LogP contribution in [-0.2, 0) is 21.3 Å². The number of fused-ring (bicyclic) bond motifs is 1. The third-order valence-corrected chi connectivity index (χ3v) is 10.3. The number of benzene rings is 2. The van der Waals surface area contributed by atoms with E-state index in [1.54, 1.807) is 24.3 Å². The van der Waals surface area contributed by atoms with E-state index in [0.29, 0.717) is 41.6 Å². The zero-order valence-electron chi connectivity index (χ0n) is 25.8. The maximum absolute atomic E-state index is 13.7. The summed E-state index contributed by atoms with van der Waals surface area (Å²) < 4.78 is 80.4. The Hall–Kier alpha value is -3.44. The molecule has 0 spiro atoms. The smallest absolute Gasteiger partial charge is 0.406 e. The Balaban J connectivity index is 1.34. The highest BCUT2D eigenvalue weighted by Crippen LogP contribution is 2.33. The van der Waals surface area contributed by atoms with Gasteiger partial charge in [0.15, 0.2) is 0 Å². The minimum Gasteiger partial charge on any atom is -0.495 e. The van der Waals surface area contributed by atoms with Crippen molar-refractivity contribution in [2.75, 3.05) is 64.7 Å². The van der Waals surface area contributed by atoms with Gasteiger partial charge in [0.05, 0.1) is 48.7 Å². The summed E-state index contributed by atoms with van der Waals surface area (Å²) in [6.07, 6.45) is -0.312. The molecule has 13 heteroatoms. The molecule has 1 saturated carbocycles. The number of anilines is 2. The standard InChI is InChI=1S/C32H40F3N5O4S/c1-38(2)24-11-9-23(10-12-24)37-28-7-4-8-30-27(28)20-25(40(30)22-32(33,34)35)6-5-15-36-29-14-13-26(21-31(29)43-3)45(41,42)39-16-18-44-19-17-39/h4,7-8,13-14,20-21,23-24,36-37H,9-12,15-19,22H2,1-3H3/t23-,24-. The number of halogens is 3. The molecule has 0 bridgehead atoms. The molecule has 45 heavy (non-hydrogen) atoms. The lowest BCUT2D eigenvalue weighted by atomic mass is 9.90. The summed E-state index contributed by atoms with van der Waals surface area (Å²) in [5, 5.41) is 7.38. The largest absolute Gasteiger partial charge is 0.495 e. The van der Waals surface area contributed by atoms with Crippen molar-refractivity contribution in [3.63, 3.8) is 0 Å². The number of rotatable bonds is 9. The fraction of sp³-hybridized carbons (Fsp3) is 0.500. The predicted octanol–water partition coefficient (Wildman–Crippen LogP) is 4.98. The third kappa shape index (κ3) is 7.87. The second kappa shape index (κ2) is 13.9. The average Bonchev–Trinajstić information content (AvgIpc) is 3.36. The number of aromatic nitrogens is 1. The van der Waals surface area contributed by atoms with Crippen molar-refractivity contribution in [1.29, 1.82) is 0 Å². The van der Waals surface area contributed by atoms with Gasteiger partial charge in [-0.25, -0.2) is 8.42 Å². The number of ether oxygens (including phenoxy) is 2. The van der Waals surface area contributed by atoms with Crippen molar-refractivity contribution < 1.29 is 31.1 Å². The van der Waals surface area contributed by atoms with Crippen LogP contribution in [0.4, 0.5) is 24.5 Å². The highest BCUT2D eigenvalue weighted by molar-refractivity contribution is 7.89. The van der Waals surface area contributed by atoms with Gasteiger partial charge >= 0.3 is 6.18 Å². The molecular formula is C32H40F3N5O4S. The zero-order valence-corrected chi connectivity index (χ0v) is 26.6. The van der Waals surface area contributed by atoms with Crippen LogP contribution in [0.2, 0.25) is 0 Å². The minimum atomic E-state index is -4.43. The molecule has 0 amide bonds. The molecule has 2 aliphatic rings. The first-order valence-corrected chi connectivity index (χ1v) is 16.5. The first-order chi connectivity index (χ1) is 21.5. The van der Waals surface area contributed by atoms with E-state index in [1.165, 1.54) is 28.1 Å². The van der Waals surface area contributed by atoms with E-state index in [2.05, 4.69) is 41.5 Å². The Labute approximate surface area is 262 Å². The number of hydrogen-bond donors (Lipinski definition) is 2. The molecule has 1 aliphatic heterocycles. The molecular weight excluding hydrogens is 607 g/mol. The molecule has 1 aliphatic carbocycles. The van der Waals surface area contributed by atoms with Crippen LogP contribution in [0.5, 0.6) is 5.75 Å². The van der Waals surface area contributed by atoms with Crippen LogP contribution < -0.4 is 15.4 Å². The number of methoxy groups -OCH3 is 1. The Morgan fingerprint density at radius 3 is 2.44 bits per heavy atom. The Kier molecular flexibility index (Phi) is 10.2. The fourth-order valence-electron chi connectivity index (χ4n) is 6.01. The summed E-state index contributed by atoms with van der Waals surface area (Å²) in [4.78, 5) is 2.35. The second-order valence-corrected chi connectivity index (χ2v) is 13.6. The molecule has 1 saturated heterocycles. The van der Waals surface area contributed by atoms with Crippen LogP contribution in [0.15, 0.2) is 47.4 Å². The summed E-state index contributed by atoms with van der Waals surface area (Å²) in [7, 11) is 1.91. The number of alkyl halides is 3. The van der Waals surface area contributed by atoms with E-state index in [-0.39, 0.29) is 36.3 Å². The van der Waals surface area contributed by atoms with Gasteiger partial charge < -0.3 is 29.6 Å². The van der Waals surface area contributed by atoms with Crippen LogP contribution in [0.3, 0.4) is 0 Å².